The second-order valence-corrected chi connectivity index (χ2v) is 5.86. The third-order valence-electron chi connectivity index (χ3n) is 3.79. The summed E-state index contributed by atoms with van der Waals surface area (Å²) in [4.78, 5) is 11.9. The van der Waals surface area contributed by atoms with Crippen molar-refractivity contribution in [3.8, 4) is 0 Å². The van der Waals surface area contributed by atoms with E-state index < -0.39 is 17.3 Å². The van der Waals surface area contributed by atoms with Crippen LogP contribution in [0, 0.1) is 5.82 Å². The molecule has 3 nitrogen and oxygen atoms in total. The lowest BCUT2D eigenvalue weighted by Gasteiger charge is -2.26. The van der Waals surface area contributed by atoms with Gasteiger partial charge in [-0.1, -0.05) is 37.3 Å². The van der Waals surface area contributed by atoms with Crippen molar-refractivity contribution in [2.45, 2.75) is 44.1 Å². The van der Waals surface area contributed by atoms with Crippen molar-refractivity contribution < 1.29 is 14.3 Å². The molecule has 0 unspecified atom stereocenters. The molecule has 1 fully saturated rings. The van der Waals surface area contributed by atoms with E-state index in [4.69, 9.17) is 11.6 Å². The fourth-order valence-corrected chi connectivity index (χ4v) is 2.67. The lowest BCUT2D eigenvalue weighted by Crippen LogP contribution is -2.42. The minimum absolute atomic E-state index is 0.0102. The maximum atomic E-state index is 13.3. The molecule has 0 radical (unpaired) electrons. The molecule has 1 saturated carbocycles. The molecule has 2 rings (SSSR count). The first-order chi connectivity index (χ1) is 9.50. The Balaban J connectivity index is 1.95. The molecule has 0 bridgehead atoms. The lowest BCUT2D eigenvalue weighted by atomic mass is 9.94. The highest BCUT2D eigenvalue weighted by Gasteiger charge is 2.28. The normalized spacial score (nSPS) is 18.4. The molecule has 1 aromatic rings. The van der Waals surface area contributed by atoms with Crippen molar-refractivity contribution >= 4 is 17.5 Å². The van der Waals surface area contributed by atoms with Crippen LogP contribution in [0.4, 0.5) is 4.39 Å². The summed E-state index contributed by atoms with van der Waals surface area (Å²) >= 11 is 5.58. The summed E-state index contributed by atoms with van der Waals surface area (Å²) in [6, 6.07) is 3.93. The van der Waals surface area contributed by atoms with Gasteiger partial charge in [0.05, 0.1) is 10.6 Å². The predicted molar refractivity (Wildman–Crippen MR) is 76.4 cm³/mol. The molecule has 1 amide bonds. The number of rotatable bonds is 3. The zero-order chi connectivity index (χ0) is 14.6. The van der Waals surface area contributed by atoms with E-state index in [1.807, 2.05) is 0 Å². The van der Waals surface area contributed by atoms with Crippen molar-refractivity contribution in [2.24, 2.45) is 0 Å². The number of nitrogens with one attached hydrogen (secondary N) is 1. The van der Waals surface area contributed by atoms with E-state index in [-0.39, 0.29) is 17.1 Å². The monoisotopic (exact) mass is 299 g/mol. The van der Waals surface area contributed by atoms with Crippen molar-refractivity contribution in [3.63, 3.8) is 0 Å². The average molecular weight is 300 g/mol. The molecule has 0 aliphatic heterocycles. The second-order valence-electron chi connectivity index (χ2n) is 5.45. The number of halogens is 2. The molecular weight excluding hydrogens is 281 g/mol. The Morgan fingerprint density at radius 2 is 1.95 bits per heavy atom. The molecule has 0 aromatic heterocycles. The molecule has 0 heterocycles. The van der Waals surface area contributed by atoms with Gasteiger partial charge in [-0.15, -0.1) is 0 Å². The minimum atomic E-state index is -0.836. The number of aliphatic hydroxyl groups is 1. The molecule has 1 aliphatic rings. The van der Waals surface area contributed by atoms with Gasteiger partial charge in [0.15, 0.2) is 0 Å². The van der Waals surface area contributed by atoms with Crippen molar-refractivity contribution in [1.82, 2.24) is 5.32 Å². The van der Waals surface area contributed by atoms with Gasteiger partial charge in [-0.2, -0.15) is 0 Å². The molecule has 20 heavy (non-hydrogen) atoms. The van der Waals surface area contributed by atoms with Crippen LogP contribution in [-0.4, -0.2) is 23.2 Å². The number of carbonyl (C=O) groups excluding carboxylic acids is 1. The quantitative estimate of drug-likeness (QED) is 0.841. The van der Waals surface area contributed by atoms with Crippen LogP contribution < -0.4 is 5.32 Å². The van der Waals surface area contributed by atoms with Crippen LogP contribution in [0.2, 0.25) is 5.02 Å². The van der Waals surface area contributed by atoms with Gasteiger partial charge in [-0.3, -0.25) is 4.79 Å². The largest absolute Gasteiger partial charge is 0.388 e. The SMILES string of the molecule is O=C(NCC1(O)CCCCCC1)c1ccc(Cl)c(F)c1. The summed E-state index contributed by atoms with van der Waals surface area (Å²) < 4.78 is 13.3. The van der Waals surface area contributed by atoms with Crippen LogP contribution >= 0.6 is 11.6 Å². The van der Waals surface area contributed by atoms with E-state index in [1.165, 1.54) is 12.1 Å². The third-order valence-corrected chi connectivity index (χ3v) is 4.10. The zero-order valence-corrected chi connectivity index (χ0v) is 12.0. The van der Waals surface area contributed by atoms with Gasteiger partial charge in [0, 0.05) is 12.1 Å². The maximum absolute atomic E-state index is 13.3. The van der Waals surface area contributed by atoms with Crippen LogP contribution in [0.25, 0.3) is 0 Å². The first-order valence-corrected chi connectivity index (χ1v) is 7.34. The Morgan fingerprint density at radius 1 is 1.30 bits per heavy atom. The first kappa shape index (κ1) is 15.3. The van der Waals surface area contributed by atoms with Gasteiger partial charge < -0.3 is 10.4 Å². The third kappa shape index (κ3) is 3.93. The Morgan fingerprint density at radius 3 is 2.55 bits per heavy atom. The summed E-state index contributed by atoms with van der Waals surface area (Å²) in [6.07, 6.45) is 5.59. The fourth-order valence-electron chi connectivity index (χ4n) is 2.55. The Kier molecular flexibility index (Phi) is 5.00. The maximum Gasteiger partial charge on any atom is 0.251 e. The molecule has 0 spiro atoms. The van der Waals surface area contributed by atoms with Gasteiger partial charge in [0.1, 0.15) is 5.82 Å². The standard InChI is InChI=1S/C15H19ClFNO2/c16-12-6-5-11(9-13(12)17)14(19)18-10-15(20)7-3-1-2-4-8-15/h5-6,9,20H,1-4,7-8,10H2,(H,18,19). The summed E-state index contributed by atoms with van der Waals surface area (Å²) in [5.41, 5.74) is -0.624. The highest BCUT2D eigenvalue weighted by molar-refractivity contribution is 6.30. The van der Waals surface area contributed by atoms with Crippen LogP contribution in [0.1, 0.15) is 48.9 Å². The Hall–Kier alpha value is -1.13. The van der Waals surface area contributed by atoms with Gasteiger partial charge >= 0.3 is 0 Å². The molecule has 1 aliphatic carbocycles. The Labute approximate surface area is 123 Å². The van der Waals surface area contributed by atoms with E-state index in [0.717, 1.165) is 31.7 Å². The van der Waals surface area contributed by atoms with E-state index in [2.05, 4.69) is 5.32 Å². The van der Waals surface area contributed by atoms with Crippen LogP contribution in [0.15, 0.2) is 18.2 Å². The number of benzene rings is 1. The van der Waals surface area contributed by atoms with Crippen molar-refractivity contribution in [3.05, 3.63) is 34.6 Å². The first-order valence-electron chi connectivity index (χ1n) is 6.96. The zero-order valence-electron chi connectivity index (χ0n) is 11.3. The number of hydrogen-bond donors (Lipinski definition) is 2. The molecule has 5 heteroatoms. The van der Waals surface area contributed by atoms with E-state index in [9.17, 15) is 14.3 Å². The summed E-state index contributed by atoms with van der Waals surface area (Å²) in [7, 11) is 0. The molecule has 110 valence electrons. The summed E-state index contributed by atoms with van der Waals surface area (Å²) in [5.74, 6) is -1.01. The van der Waals surface area contributed by atoms with Crippen LogP contribution in [0.5, 0.6) is 0 Å². The average Bonchev–Trinajstić information content (AvgIpc) is 2.65. The highest BCUT2D eigenvalue weighted by Crippen LogP contribution is 2.26. The molecule has 2 N–H and O–H groups in total. The predicted octanol–water partition coefficient (Wildman–Crippen LogP) is 3.29. The van der Waals surface area contributed by atoms with E-state index in [0.29, 0.717) is 12.8 Å². The smallest absolute Gasteiger partial charge is 0.251 e. The van der Waals surface area contributed by atoms with Crippen LogP contribution in [-0.2, 0) is 0 Å². The Bertz CT molecular complexity index is 485. The molecule has 0 saturated heterocycles. The number of carbonyl (C=O) groups is 1. The van der Waals surface area contributed by atoms with E-state index in [1.54, 1.807) is 0 Å². The summed E-state index contributed by atoms with van der Waals surface area (Å²) in [5, 5.41) is 13.1. The van der Waals surface area contributed by atoms with Gasteiger partial charge in [-0.05, 0) is 31.0 Å². The fraction of sp³-hybridized carbons (Fsp3) is 0.533. The number of amides is 1. The number of hydrogen-bond acceptors (Lipinski definition) is 2. The van der Waals surface area contributed by atoms with E-state index >= 15 is 0 Å². The molecule has 1 aromatic carbocycles. The minimum Gasteiger partial charge on any atom is -0.388 e. The van der Waals surface area contributed by atoms with Crippen molar-refractivity contribution in [2.75, 3.05) is 6.54 Å². The van der Waals surface area contributed by atoms with Gasteiger partial charge in [0.25, 0.3) is 5.91 Å². The van der Waals surface area contributed by atoms with Gasteiger partial charge in [-0.25, -0.2) is 4.39 Å². The van der Waals surface area contributed by atoms with Crippen molar-refractivity contribution in [1.29, 1.82) is 0 Å². The van der Waals surface area contributed by atoms with Gasteiger partial charge in [0.2, 0.25) is 0 Å². The lowest BCUT2D eigenvalue weighted by molar-refractivity contribution is 0.0246. The molecule has 0 atom stereocenters. The second kappa shape index (κ2) is 6.55. The highest BCUT2D eigenvalue weighted by atomic mass is 35.5. The summed E-state index contributed by atoms with van der Waals surface area (Å²) in [6.45, 7) is 0.204. The topological polar surface area (TPSA) is 49.3 Å². The van der Waals surface area contributed by atoms with Crippen LogP contribution in [0.3, 0.4) is 0 Å². The molecular formula is C15H19ClFNO2.